The summed E-state index contributed by atoms with van der Waals surface area (Å²) in [5.41, 5.74) is 5.26. The average Bonchev–Trinajstić information content (AvgIpc) is 2.11. The minimum absolute atomic E-state index is 0.0737. The summed E-state index contributed by atoms with van der Waals surface area (Å²) in [5, 5.41) is 9.00. The number of hydrogen-bond donors (Lipinski definition) is 2. The molecule has 1 rings (SSSR count). The van der Waals surface area contributed by atoms with Crippen molar-refractivity contribution in [2.45, 2.75) is 6.10 Å². The predicted octanol–water partition coefficient (Wildman–Crippen LogP) is 0.878. The Morgan fingerprint density at radius 2 is 2.29 bits per heavy atom. The van der Waals surface area contributed by atoms with Gasteiger partial charge in [-0.05, 0) is 17.7 Å². The van der Waals surface area contributed by atoms with Gasteiger partial charge in [-0.15, -0.1) is 0 Å². The molecule has 5 heteroatoms. The normalized spacial score (nSPS) is 12.5. The van der Waals surface area contributed by atoms with Gasteiger partial charge in [0.1, 0.15) is 11.9 Å². The molecule has 1 aromatic carbocycles. The van der Waals surface area contributed by atoms with Crippen LogP contribution >= 0.6 is 11.6 Å². The van der Waals surface area contributed by atoms with Crippen molar-refractivity contribution in [1.82, 2.24) is 0 Å². The standard InChI is InChI=1S/C9H8ClFNO2/c10-6-3-5(1-2-7(6)11)4-8(13)9(12)14/h1-4,8,13H,(H2,12,14)/t8-/m0/s1. The minimum atomic E-state index is -1.39. The van der Waals surface area contributed by atoms with E-state index < -0.39 is 17.8 Å². The van der Waals surface area contributed by atoms with Crippen LogP contribution in [-0.4, -0.2) is 17.1 Å². The molecule has 75 valence electrons. The summed E-state index contributed by atoms with van der Waals surface area (Å²) in [6.07, 6.45) is -0.204. The lowest BCUT2D eigenvalue weighted by Gasteiger charge is -2.06. The Hall–Kier alpha value is -1.13. The van der Waals surface area contributed by atoms with E-state index in [2.05, 4.69) is 0 Å². The SMILES string of the molecule is NC(=O)[C@@H](O)[CH]c1ccc(F)c(Cl)c1. The van der Waals surface area contributed by atoms with Crippen LogP contribution < -0.4 is 5.73 Å². The topological polar surface area (TPSA) is 63.3 Å². The molecule has 0 spiro atoms. The number of aliphatic hydroxyl groups is 1. The summed E-state index contributed by atoms with van der Waals surface area (Å²) >= 11 is 5.48. The number of nitrogens with two attached hydrogens (primary N) is 1. The molecule has 1 aromatic rings. The van der Waals surface area contributed by atoms with E-state index >= 15 is 0 Å². The third kappa shape index (κ3) is 2.68. The quantitative estimate of drug-likeness (QED) is 0.788. The maximum absolute atomic E-state index is 12.7. The van der Waals surface area contributed by atoms with Crippen molar-refractivity contribution >= 4 is 17.5 Å². The monoisotopic (exact) mass is 216 g/mol. The summed E-state index contributed by atoms with van der Waals surface area (Å²) in [6.45, 7) is 0. The molecule has 1 amide bonds. The predicted molar refractivity (Wildman–Crippen MR) is 50.0 cm³/mol. The number of aliphatic hydroxyl groups excluding tert-OH is 1. The Kier molecular flexibility index (Phi) is 3.43. The summed E-state index contributed by atoms with van der Waals surface area (Å²) in [7, 11) is 0. The van der Waals surface area contributed by atoms with E-state index in [1.165, 1.54) is 18.6 Å². The highest BCUT2D eigenvalue weighted by atomic mass is 35.5. The zero-order valence-electron chi connectivity index (χ0n) is 7.08. The molecule has 0 aliphatic rings. The van der Waals surface area contributed by atoms with Crippen molar-refractivity contribution in [2.24, 2.45) is 5.73 Å². The van der Waals surface area contributed by atoms with E-state index in [0.29, 0.717) is 5.56 Å². The first kappa shape index (κ1) is 10.9. The molecule has 0 saturated heterocycles. The van der Waals surface area contributed by atoms with Gasteiger partial charge in [0.15, 0.2) is 0 Å². The van der Waals surface area contributed by atoms with Crippen LogP contribution in [0.3, 0.4) is 0 Å². The van der Waals surface area contributed by atoms with Gasteiger partial charge in [-0.3, -0.25) is 4.79 Å². The Balaban J connectivity index is 2.78. The number of benzene rings is 1. The highest BCUT2D eigenvalue weighted by molar-refractivity contribution is 6.30. The first-order valence-electron chi connectivity index (χ1n) is 3.78. The van der Waals surface area contributed by atoms with E-state index in [4.69, 9.17) is 22.4 Å². The third-order valence-electron chi connectivity index (χ3n) is 1.59. The van der Waals surface area contributed by atoms with Gasteiger partial charge in [0.05, 0.1) is 5.02 Å². The van der Waals surface area contributed by atoms with Crippen LogP contribution in [0.15, 0.2) is 18.2 Å². The average molecular weight is 217 g/mol. The van der Waals surface area contributed by atoms with E-state index in [1.807, 2.05) is 0 Å². The van der Waals surface area contributed by atoms with Gasteiger partial charge in [-0.1, -0.05) is 17.7 Å². The van der Waals surface area contributed by atoms with Gasteiger partial charge in [0.2, 0.25) is 5.91 Å². The van der Waals surface area contributed by atoms with E-state index in [0.717, 1.165) is 6.07 Å². The molecule has 0 aliphatic heterocycles. The number of amides is 1. The summed E-state index contributed by atoms with van der Waals surface area (Å²) in [6, 6.07) is 3.82. The molecule has 0 aromatic heterocycles. The minimum Gasteiger partial charge on any atom is -0.383 e. The van der Waals surface area contributed by atoms with Crippen molar-refractivity contribution in [3.8, 4) is 0 Å². The maximum Gasteiger partial charge on any atom is 0.246 e. The summed E-state index contributed by atoms with van der Waals surface area (Å²) in [5.74, 6) is -1.43. The number of primary amides is 1. The van der Waals surface area contributed by atoms with Gasteiger partial charge in [-0.2, -0.15) is 0 Å². The molecule has 3 N–H and O–H groups in total. The molecule has 14 heavy (non-hydrogen) atoms. The van der Waals surface area contributed by atoms with Crippen LogP contribution in [0.4, 0.5) is 4.39 Å². The first-order chi connectivity index (χ1) is 6.50. The molecule has 0 saturated carbocycles. The molecule has 3 nitrogen and oxygen atoms in total. The van der Waals surface area contributed by atoms with Crippen molar-refractivity contribution in [3.63, 3.8) is 0 Å². The summed E-state index contributed by atoms with van der Waals surface area (Å²) in [4.78, 5) is 10.5. The number of halogens is 2. The van der Waals surface area contributed by atoms with Gasteiger partial charge >= 0.3 is 0 Å². The molecule has 0 aliphatic carbocycles. The largest absolute Gasteiger partial charge is 0.383 e. The second-order valence-corrected chi connectivity index (χ2v) is 3.09. The Morgan fingerprint density at radius 3 is 2.79 bits per heavy atom. The van der Waals surface area contributed by atoms with Crippen LogP contribution in [0.25, 0.3) is 0 Å². The molecule has 1 radical (unpaired) electrons. The fourth-order valence-corrected chi connectivity index (χ4v) is 1.07. The van der Waals surface area contributed by atoms with Crippen LogP contribution in [0.1, 0.15) is 5.56 Å². The molecular weight excluding hydrogens is 209 g/mol. The smallest absolute Gasteiger partial charge is 0.246 e. The number of carbonyl (C=O) groups excluding carboxylic acids is 1. The van der Waals surface area contributed by atoms with Crippen LogP contribution in [0.5, 0.6) is 0 Å². The third-order valence-corrected chi connectivity index (χ3v) is 1.88. The second-order valence-electron chi connectivity index (χ2n) is 2.69. The zero-order valence-corrected chi connectivity index (χ0v) is 7.83. The lowest BCUT2D eigenvalue weighted by atomic mass is 10.1. The Labute approximate surface area is 85.3 Å². The number of carbonyl (C=O) groups is 1. The van der Waals surface area contributed by atoms with Crippen LogP contribution in [0.2, 0.25) is 5.02 Å². The van der Waals surface area contributed by atoms with Crippen LogP contribution in [0, 0.1) is 12.2 Å². The van der Waals surface area contributed by atoms with Gasteiger partial charge in [-0.25, -0.2) is 4.39 Å². The molecule has 0 bridgehead atoms. The van der Waals surface area contributed by atoms with E-state index in [9.17, 15) is 9.18 Å². The van der Waals surface area contributed by atoms with Gasteiger partial charge in [0.25, 0.3) is 0 Å². The second kappa shape index (κ2) is 4.39. The number of hydrogen-bond acceptors (Lipinski definition) is 2. The lowest BCUT2D eigenvalue weighted by Crippen LogP contribution is -2.28. The van der Waals surface area contributed by atoms with Gasteiger partial charge in [0, 0.05) is 6.42 Å². The zero-order chi connectivity index (χ0) is 10.7. The Morgan fingerprint density at radius 1 is 1.64 bits per heavy atom. The molecule has 0 fully saturated rings. The molecule has 0 unspecified atom stereocenters. The highest BCUT2D eigenvalue weighted by Crippen LogP contribution is 2.17. The van der Waals surface area contributed by atoms with Crippen molar-refractivity contribution in [2.75, 3.05) is 0 Å². The van der Waals surface area contributed by atoms with E-state index in [1.54, 1.807) is 0 Å². The van der Waals surface area contributed by atoms with Gasteiger partial charge < -0.3 is 10.8 Å². The highest BCUT2D eigenvalue weighted by Gasteiger charge is 2.12. The fourth-order valence-electron chi connectivity index (χ4n) is 0.880. The van der Waals surface area contributed by atoms with Crippen molar-refractivity contribution in [1.29, 1.82) is 0 Å². The fraction of sp³-hybridized carbons (Fsp3) is 0.111. The molecular formula is C9H8ClFNO2. The van der Waals surface area contributed by atoms with E-state index in [-0.39, 0.29) is 5.02 Å². The van der Waals surface area contributed by atoms with Crippen molar-refractivity contribution < 1.29 is 14.3 Å². The molecule has 0 heterocycles. The Bertz CT molecular complexity index is 357. The van der Waals surface area contributed by atoms with Crippen molar-refractivity contribution in [3.05, 3.63) is 41.0 Å². The number of rotatable bonds is 3. The molecule has 1 atom stereocenters. The lowest BCUT2D eigenvalue weighted by molar-refractivity contribution is -0.124. The summed E-state index contributed by atoms with van der Waals surface area (Å²) < 4.78 is 12.7. The van der Waals surface area contributed by atoms with Crippen LogP contribution in [-0.2, 0) is 4.79 Å². The first-order valence-corrected chi connectivity index (χ1v) is 4.16. The maximum atomic E-state index is 12.7.